The first-order chi connectivity index (χ1) is 17.9. The number of halogens is 1. The minimum atomic E-state index is -0.0730. The molecule has 0 bridgehead atoms. The number of fused-ring (bicyclic) bond motifs is 1. The topological polar surface area (TPSA) is 63.2 Å². The van der Waals surface area contributed by atoms with E-state index in [0.717, 1.165) is 77.1 Å². The molecule has 2 N–H and O–H groups in total. The average Bonchev–Trinajstić information content (AvgIpc) is 3.41. The first-order valence-corrected chi connectivity index (χ1v) is 15.0. The van der Waals surface area contributed by atoms with E-state index in [0.29, 0.717) is 18.7 Å². The fourth-order valence-corrected chi connectivity index (χ4v) is 5.88. The van der Waals surface area contributed by atoms with Crippen molar-refractivity contribution in [2.75, 3.05) is 11.9 Å². The number of hydrogen-bond donors (Lipinski definition) is 2. The Bertz CT molecular complexity index is 1160. The number of hydrogen-bond acceptors (Lipinski definition) is 5. The molecule has 0 radical (unpaired) electrons. The number of benzene rings is 1. The van der Waals surface area contributed by atoms with E-state index in [1.807, 2.05) is 24.3 Å². The summed E-state index contributed by atoms with van der Waals surface area (Å²) in [4.78, 5) is 19.3. The molecule has 0 saturated heterocycles. The molecule has 2 aromatic rings. The number of nitrogens with zero attached hydrogens (tertiary/aromatic N) is 1. The van der Waals surface area contributed by atoms with E-state index in [2.05, 4.69) is 66.2 Å². The summed E-state index contributed by atoms with van der Waals surface area (Å²) in [5.41, 5.74) is 5.41. The Balaban J connectivity index is 1.73. The second-order valence-electron chi connectivity index (χ2n) is 9.49. The SMILES string of the molecule is CCCC/C(S/C(NC(=O)c1cccc(CNc2ncc(Br)c3c2CCO3)c1)=C(\C)CC)=C(/C)CCC. The van der Waals surface area contributed by atoms with E-state index in [1.165, 1.54) is 16.1 Å². The molecule has 0 aliphatic carbocycles. The van der Waals surface area contributed by atoms with Crippen LogP contribution in [0.1, 0.15) is 94.6 Å². The summed E-state index contributed by atoms with van der Waals surface area (Å²) in [5.74, 6) is 1.63. The number of unbranched alkanes of at least 4 members (excludes halogenated alkanes) is 1. The highest BCUT2D eigenvalue weighted by Crippen LogP contribution is 2.37. The predicted octanol–water partition coefficient (Wildman–Crippen LogP) is 8.76. The number of thioether (sulfide) groups is 1. The molecule has 0 spiro atoms. The monoisotopic (exact) mass is 585 g/mol. The molecule has 0 atom stereocenters. The Morgan fingerprint density at radius 1 is 1.14 bits per heavy atom. The number of anilines is 1. The van der Waals surface area contributed by atoms with Crippen LogP contribution in [0.4, 0.5) is 5.82 Å². The molecule has 7 heteroatoms. The van der Waals surface area contributed by atoms with Gasteiger partial charge in [0.1, 0.15) is 11.6 Å². The molecular weight excluding hydrogens is 546 g/mol. The van der Waals surface area contributed by atoms with E-state index < -0.39 is 0 Å². The molecule has 0 unspecified atom stereocenters. The van der Waals surface area contributed by atoms with Gasteiger partial charge in [-0.2, -0.15) is 0 Å². The Morgan fingerprint density at radius 3 is 2.68 bits per heavy atom. The third-order valence-corrected chi connectivity index (χ3v) is 8.58. The molecule has 3 rings (SSSR count). The molecule has 2 heterocycles. The lowest BCUT2D eigenvalue weighted by Crippen LogP contribution is -2.23. The van der Waals surface area contributed by atoms with Gasteiger partial charge >= 0.3 is 0 Å². The Hall–Kier alpha value is -2.25. The zero-order valence-electron chi connectivity index (χ0n) is 22.8. The minimum Gasteiger partial charge on any atom is -0.492 e. The van der Waals surface area contributed by atoms with Crippen LogP contribution in [0.2, 0.25) is 0 Å². The Morgan fingerprint density at radius 2 is 1.95 bits per heavy atom. The van der Waals surface area contributed by atoms with E-state index in [4.69, 9.17) is 4.74 Å². The van der Waals surface area contributed by atoms with Crippen molar-refractivity contribution >= 4 is 39.4 Å². The lowest BCUT2D eigenvalue weighted by molar-refractivity contribution is 0.0968. The molecule has 5 nitrogen and oxygen atoms in total. The first kappa shape index (κ1) is 29.3. The third kappa shape index (κ3) is 8.11. The Labute approximate surface area is 235 Å². The highest BCUT2D eigenvalue weighted by molar-refractivity contribution is 9.10. The molecule has 200 valence electrons. The smallest absolute Gasteiger partial charge is 0.256 e. The lowest BCUT2D eigenvalue weighted by Gasteiger charge is -2.17. The molecule has 1 aliphatic rings. The molecule has 1 aromatic carbocycles. The van der Waals surface area contributed by atoms with Crippen molar-refractivity contribution in [1.29, 1.82) is 0 Å². The maximum atomic E-state index is 13.4. The van der Waals surface area contributed by atoms with Gasteiger partial charge in [0, 0.05) is 30.3 Å². The van der Waals surface area contributed by atoms with Gasteiger partial charge < -0.3 is 15.4 Å². The fraction of sp³-hybridized carbons (Fsp3) is 0.467. The predicted molar refractivity (Wildman–Crippen MR) is 160 cm³/mol. The van der Waals surface area contributed by atoms with E-state index in [-0.39, 0.29) is 5.91 Å². The number of aromatic nitrogens is 1. The normalized spacial score (nSPS) is 13.9. The van der Waals surface area contributed by atoms with Crippen molar-refractivity contribution in [3.05, 3.63) is 72.7 Å². The van der Waals surface area contributed by atoms with Gasteiger partial charge in [0.05, 0.1) is 16.1 Å². The van der Waals surface area contributed by atoms with Crippen LogP contribution in [0.5, 0.6) is 5.75 Å². The highest BCUT2D eigenvalue weighted by Gasteiger charge is 2.20. The van der Waals surface area contributed by atoms with Gasteiger partial charge in [-0.3, -0.25) is 4.79 Å². The van der Waals surface area contributed by atoms with Gasteiger partial charge in [0.2, 0.25) is 0 Å². The van der Waals surface area contributed by atoms with Gasteiger partial charge in [-0.15, -0.1) is 0 Å². The summed E-state index contributed by atoms with van der Waals surface area (Å²) in [7, 11) is 0. The summed E-state index contributed by atoms with van der Waals surface area (Å²) in [6.07, 6.45) is 9.11. The minimum absolute atomic E-state index is 0.0730. The van der Waals surface area contributed by atoms with Crippen molar-refractivity contribution < 1.29 is 9.53 Å². The van der Waals surface area contributed by atoms with Crippen LogP contribution in [0.25, 0.3) is 0 Å². The van der Waals surface area contributed by atoms with Crippen molar-refractivity contribution in [3.8, 4) is 5.75 Å². The summed E-state index contributed by atoms with van der Waals surface area (Å²) in [6, 6.07) is 7.80. The highest BCUT2D eigenvalue weighted by atomic mass is 79.9. The molecular formula is C30H40BrN3O2S. The average molecular weight is 587 g/mol. The van der Waals surface area contributed by atoms with Crippen LogP contribution in [0, 0.1) is 0 Å². The zero-order chi connectivity index (χ0) is 26.8. The van der Waals surface area contributed by atoms with Crippen LogP contribution in [-0.4, -0.2) is 17.5 Å². The van der Waals surface area contributed by atoms with Gasteiger partial charge in [-0.25, -0.2) is 4.98 Å². The number of carbonyl (C=O) groups excluding carboxylic acids is 1. The molecule has 37 heavy (non-hydrogen) atoms. The summed E-state index contributed by atoms with van der Waals surface area (Å²) in [6.45, 7) is 12.2. The van der Waals surface area contributed by atoms with E-state index in [1.54, 1.807) is 18.0 Å². The molecule has 0 fully saturated rings. The number of amides is 1. The number of nitrogens with one attached hydrogen (secondary N) is 2. The Kier molecular flexibility index (Phi) is 11.6. The van der Waals surface area contributed by atoms with Crippen LogP contribution < -0.4 is 15.4 Å². The zero-order valence-corrected chi connectivity index (χ0v) is 25.2. The maximum absolute atomic E-state index is 13.4. The second-order valence-corrected chi connectivity index (χ2v) is 11.5. The van der Waals surface area contributed by atoms with Crippen molar-refractivity contribution in [1.82, 2.24) is 10.3 Å². The molecule has 0 saturated carbocycles. The number of allylic oxidation sites excluding steroid dienone is 3. The fourth-order valence-electron chi connectivity index (χ4n) is 4.19. The number of pyridine rings is 1. The van der Waals surface area contributed by atoms with E-state index in [9.17, 15) is 4.79 Å². The molecule has 1 amide bonds. The summed E-state index contributed by atoms with van der Waals surface area (Å²) >= 11 is 5.26. The van der Waals surface area contributed by atoms with Gasteiger partial charge in [-0.05, 0) is 83.6 Å². The standard InChI is InChI=1S/C30H40BrN3O2S/c1-6-9-14-26(21(5)11-7-2)37-30(20(4)8-3)34-29(35)23-13-10-12-22(17-23)18-32-28-24-15-16-36-27(24)25(31)19-33-28/h10,12-13,17,19H,6-9,11,14-16,18H2,1-5H3,(H,32,33)(H,34,35)/b26-21+,30-20+. The number of rotatable bonds is 13. The third-order valence-electron chi connectivity index (χ3n) is 6.56. The van der Waals surface area contributed by atoms with Gasteiger partial charge in [0.15, 0.2) is 0 Å². The lowest BCUT2D eigenvalue weighted by atomic mass is 10.1. The number of carbonyl (C=O) groups is 1. The molecule has 1 aromatic heterocycles. The van der Waals surface area contributed by atoms with E-state index >= 15 is 0 Å². The second kappa shape index (κ2) is 14.6. The summed E-state index contributed by atoms with van der Waals surface area (Å²) in [5, 5.41) is 7.64. The quantitative estimate of drug-likeness (QED) is 0.246. The van der Waals surface area contributed by atoms with Crippen LogP contribution in [0.3, 0.4) is 0 Å². The van der Waals surface area contributed by atoms with Crippen LogP contribution >= 0.6 is 27.7 Å². The molecule has 1 aliphatic heterocycles. The van der Waals surface area contributed by atoms with Crippen molar-refractivity contribution in [2.24, 2.45) is 0 Å². The van der Waals surface area contributed by atoms with Gasteiger partial charge in [-0.1, -0.05) is 63.1 Å². The number of ether oxygens (including phenoxy) is 1. The summed E-state index contributed by atoms with van der Waals surface area (Å²) < 4.78 is 6.61. The van der Waals surface area contributed by atoms with Crippen LogP contribution in [-0.2, 0) is 13.0 Å². The van der Waals surface area contributed by atoms with Gasteiger partial charge in [0.25, 0.3) is 5.91 Å². The first-order valence-electron chi connectivity index (χ1n) is 13.4. The van der Waals surface area contributed by atoms with Crippen LogP contribution in [0.15, 0.2) is 56.0 Å². The van der Waals surface area contributed by atoms with Crippen molar-refractivity contribution in [3.63, 3.8) is 0 Å². The largest absolute Gasteiger partial charge is 0.492 e. The van der Waals surface area contributed by atoms with Crippen molar-refractivity contribution in [2.45, 2.75) is 86.1 Å². The maximum Gasteiger partial charge on any atom is 0.256 e.